The number of furan rings is 1. The Morgan fingerprint density at radius 3 is 2.44 bits per heavy atom. The van der Waals surface area contributed by atoms with Crippen molar-refractivity contribution < 1.29 is 23.1 Å². The molecule has 0 saturated heterocycles. The molecular weight excluding hydrogens is 410 g/mol. The number of anilines is 1. The first-order chi connectivity index (χ1) is 15.7. The number of amides is 1. The predicted molar refractivity (Wildman–Crippen MR) is 117 cm³/mol. The average molecular weight is 427 g/mol. The van der Waals surface area contributed by atoms with Gasteiger partial charge in [0.05, 0.1) is 7.11 Å². The first-order valence-corrected chi connectivity index (χ1v) is 9.74. The molecule has 5 rings (SSSR count). The lowest BCUT2D eigenvalue weighted by atomic mass is 10.2. The van der Waals surface area contributed by atoms with Crippen LogP contribution in [0.4, 0.5) is 6.01 Å². The van der Waals surface area contributed by atoms with Crippen molar-refractivity contribution in [3.63, 3.8) is 0 Å². The Kier molecular flexibility index (Phi) is 5.01. The van der Waals surface area contributed by atoms with Crippen molar-refractivity contribution >= 4 is 22.9 Å². The largest absolute Gasteiger partial charge is 0.493 e. The number of rotatable bonds is 6. The topological polar surface area (TPSA) is 99.6 Å². The molecule has 0 aliphatic carbocycles. The Labute approximate surface area is 182 Å². The number of nitrogens with one attached hydrogen (secondary N) is 1. The summed E-state index contributed by atoms with van der Waals surface area (Å²) in [7, 11) is 1.57. The molecule has 0 fully saturated rings. The maximum atomic E-state index is 12.5. The van der Waals surface area contributed by atoms with Gasteiger partial charge < -0.3 is 18.3 Å². The molecule has 158 valence electrons. The van der Waals surface area contributed by atoms with Gasteiger partial charge in [-0.15, -0.1) is 5.10 Å². The highest BCUT2D eigenvalue weighted by Gasteiger charge is 2.17. The molecule has 2 heterocycles. The normalized spacial score (nSPS) is 10.8. The summed E-state index contributed by atoms with van der Waals surface area (Å²) in [5, 5.41) is 11.3. The SMILES string of the molecule is COc1cccc2cc(-c3nnc(NC(=O)c4ccc(Oc5ccccc5)cc4)o3)oc12. The van der Waals surface area contributed by atoms with Crippen LogP contribution in [0.15, 0.2) is 87.7 Å². The number of aromatic nitrogens is 2. The summed E-state index contributed by atoms with van der Waals surface area (Å²) in [5.74, 6) is 2.06. The van der Waals surface area contributed by atoms with Gasteiger partial charge >= 0.3 is 6.01 Å². The number of hydrogen-bond donors (Lipinski definition) is 1. The van der Waals surface area contributed by atoms with Crippen LogP contribution in [-0.2, 0) is 0 Å². The average Bonchev–Trinajstić information content (AvgIpc) is 3.47. The molecule has 0 radical (unpaired) electrons. The van der Waals surface area contributed by atoms with Gasteiger partial charge in [0.2, 0.25) is 0 Å². The first kappa shape index (κ1) is 19.4. The highest BCUT2D eigenvalue weighted by atomic mass is 16.5. The zero-order valence-corrected chi connectivity index (χ0v) is 16.9. The molecule has 8 heteroatoms. The smallest absolute Gasteiger partial charge is 0.322 e. The Morgan fingerprint density at radius 2 is 1.66 bits per heavy atom. The maximum absolute atomic E-state index is 12.5. The van der Waals surface area contributed by atoms with Crippen molar-refractivity contribution in [2.24, 2.45) is 0 Å². The maximum Gasteiger partial charge on any atom is 0.322 e. The molecule has 3 aromatic carbocycles. The lowest BCUT2D eigenvalue weighted by Gasteiger charge is -2.06. The van der Waals surface area contributed by atoms with E-state index < -0.39 is 5.91 Å². The Balaban J connectivity index is 1.29. The number of carbonyl (C=O) groups is 1. The van der Waals surface area contributed by atoms with Crippen LogP contribution in [0, 0.1) is 0 Å². The van der Waals surface area contributed by atoms with E-state index in [0.717, 1.165) is 5.39 Å². The highest BCUT2D eigenvalue weighted by Crippen LogP contribution is 2.33. The van der Waals surface area contributed by atoms with E-state index in [4.69, 9.17) is 18.3 Å². The van der Waals surface area contributed by atoms with E-state index in [1.807, 2.05) is 42.5 Å². The molecule has 1 N–H and O–H groups in total. The molecule has 8 nitrogen and oxygen atoms in total. The summed E-state index contributed by atoms with van der Waals surface area (Å²) in [5.41, 5.74) is 0.991. The molecule has 2 aromatic heterocycles. The molecule has 0 unspecified atom stereocenters. The second kappa shape index (κ2) is 8.27. The highest BCUT2D eigenvalue weighted by molar-refractivity contribution is 6.03. The molecule has 5 aromatic rings. The molecule has 0 aliphatic rings. The van der Waals surface area contributed by atoms with E-state index in [9.17, 15) is 4.79 Å². The molecule has 0 aliphatic heterocycles. The van der Waals surface area contributed by atoms with Crippen molar-refractivity contribution in [2.75, 3.05) is 12.4 Å². The van der Waals surface area contributed by atoms with Crippen LogP contribution in [-0.4, -0.2) is 23.2 Å². The van der Waals surface area contributed by atoms with Gasteiger partial charge in [0.15, 0.2) is 17.1 Å². The quantitative estimate of drug-likeness (QED) is 0.380. The summed E-state index contributed by atoms with van der Waals surface area (Å²) in [6, 6.07) is 23.4. The summed E-state index contributed by atoms with van der Waals surface area (Å²) in [6.45, 7) is 0. The zero-order valence-electron chi connectivity index (χ0n) is 16.9. The monoisotopic (exact) mass is 427 g/mol. The molecule has 0 bridgehead atoms. The van der Waals surface area contributed by atoms with Gasteiger partial charge in [-0.25, -0.2) is 0 Å². The summed E-state index contributed by atoms with van der Waals surface area (Å²) in [6.07, 6.45) is 0. The molecule has 1 amide bonds. The van der Waals surface area contributed by atoms with Crippen LogP contribution in [0.1, 0.15) is 10.4 Å². The van der Waals surface area contributed by atoms with Crippen LogP contribution in [0.3, 0.4) is 0 Å². The predicted octanol–water partition coefficient (Wildman–Crippen LogP) is 5.54. The first-order valence-electron chi connectivity index (χ1n) is 9.74. The summed E-state index contributed by atoms with van der Waals surface area (Å²) in [4.78, 5) is 12.5. The van der Waals surface area contributed by atoms with Gasteiger partial charge in [-0.3, -0.25) is 10.1 Å². The Bertz CT molecular complexity index is 1370. The van der Waals surface area contributed by atoms with Gasteiger partial charge in [0.1, 0.15) is 11.5 Å². The number of fused-ring (bicyclic) bond motifs is 1. The Morgan fingerprint density at radius 1 is 0.875 bits per heavy atom. The number of carbonyl (C=O) groups excluding carboxylic acids is 1. The fraction of sp³-hybridized carbons (Fsp3) is 0.0417. The van der Waals surface area contributed by atoms with E-state index in [1.165, 1.54) is 0 Å². The van der Waals surface area contributed by atoms with Crippen LogP contribution < -0.4 is 14.8 Å². The third-order valence-corrected chi connectivity index (χ3v) is 4.68. The number of benzene rings is 3. The molecule has 0 spiro atoms. The lowest BCUT2D eigenvalue weighted by molar-refractivity contribution is 0.102. The van der Waals surface area contributed by atoms with Crippen molar-refractivity contribution in [2.45, 2.75) is 0 Å². The van der Waals surface area contributed by atoms with Gasteiger partial charge in [0.25, 0.3) is 11.8 Å². The van der Waals surface area contributed by atoms with Gasteiger partial charge in [-0.1, -0.05) is 35.4 Å². The molecular formula is C24H17N3O5. The minimum Gasteiger partial charge on any atom is -0.493 e. The van der Waals surface area contributed by atoms with Gasteiger partial charge in [-0.05, 0) is 48.5 Å². The van der Waals surface area contributed by atoms with Gasteiger partial charge in [-0.2, -0.15) is 0 Å². The van der Waals surface area contributed by atoms with E-state index in [1.54, 1.807) is 43.5 Å². The van der Waals surface area contributed by atoms with E-state index >= 15 is 0 Å². The number of methoxy groups -OCH3 is 1. The lowest BCUT2D eigenvalue weighted by Crippen LogP contribution is -2.11. The standard InChI is InChI=1S/C24H17N3O5/c1-29-19-9-5-6-16-14-20(31-21(16)19)23-26-27-24(32-23)25-22(28)15-10-12-18(13-11-15)30-17-7-3-2-4-8-17/h2-14H,1H3,(H,25,27,28). The van der Waals surface area contributed by atoms with Crippen molar-refractivity contribution in [1.82, 2.24) is 10.2 Å². The van der Waals surface area contributed by atoms with E-state index in [0.29, 0.717) is 34.2 Å². The van der Waals surface area contributed by atoms with Crippen LogP contribution in [0.5, 0.6) is 17.2 Å². The second-order valence-electron chi connectivity index (χ2n) is 6.80. The molecule has 0 atom stereocenters. The minimum atomic E-state index is -0.391. The summed E-state index contributed by atoms with van der Waals surface area (Å²) >= 11 is 0. The minimum absolute atomic E-state index is 0.0398. The second-order valence-corrected chi connectivity index (χ2v) is 6.80. The van der Waals surface area contributed by atoms with Crippen LogP contribution in [0.2, 0.25) is 0 Å². The third-order valence-electron chi connectivity index (χ3n) is 4.68. The van der Waals surface area contributed by atoms with Gasteiger partial charge in [0, 0.05) is 10.9 Å². The van der Waals surface area contributed by atoms with Crippen molar-refractivity contribution in [3.05, 3.63) is 84.4 Å². The summed E-state index contributed by atoms with van der Waals surface area (Å²) < 4.78 is 22.4. The fourth-order valence-corrected chi connectivity index (χ4v) is 3.14. The van der Waals surface area contributed by atoms with Crippen molar-refractivity contribution in [1.29, 1.82) is 0 Å². The zero-order chi connectivity index (χ0) is 21.9. The van der Waals surface area contributed by atoms with Crippen LogP contribution in [0.25, 0.3) is 22.6 Å². The molecule has 0 saturated carbocycles. The fourth-order valence-electron chi connectivity index (χ4n) is 3.14. The number of ether oxygens (including phenoxy) is 2. The number of nitrogens with zero attached hydrogens (tertiary/aromatic N) is 2. The molecule has 32 heavy (non-hydrogen) atoms. The Hall–Kier alpha value is -4.59. The van der Waals surface area contributed by atoms with Crippen molar-refractivity contribution in [3.8, 4) is 28.9 Å². The van der Waals surface area contributed by atoms with E-state index in [-0.39, 0.29) is 11.9 Å². The number of hydrogen-bond acceptors (Lipinski definition) is 7. The van der Waals surface area contributed by atoms with Crippen LogP contribution >= 0.6 is 0 Å². The van der Waals surface area contributed by atoms with E-state index in [2.05, 4.69) is 15.5 Å². The number of para-hydroxylation sites is 2. The third kappa shape index (κ3) is 3.89.